The third-order valence-electron chi connectivity index (χ3n) is 7.20. The van der Waals surface area contributed by atoms with Gasteiger partial charge in [0.1, 0.15) is 23.2 Å². The lowest BCUT2D eigenvalue weighted by Gasteiger charge is -2.24. The molecule has 0 amide bonds. The minimum Gasteiger partial charge on any atom is -0.378 e. The molecule has 1 atom stereocenters. The first-order chi connectivity index (χ1) is 19.8. The first-order valence-corrected chi connectivity index (χ1v) is 13.9. The number of pyridine rings is 2. The molecule has 8 nitrogen and oxygen atoms in total. The number of H-pyrrole nitrogens is 1. The van der Waals surface area contributed by atoms with E-state index in [-0.39, 0.29) is 11.0 Å². The molecule has 0 aliphatic carbocycles. The number of anilines is 2. The number of aromatic amines is 1. The molecule has 0 unspecified atom stereocenters. The Bertz CT molecular complexity index is 2010. The first-order valence-electron chi connectivity index (χ1n) is 13.1. The molecule has 3 aromatic heterocycles. The van der Waals surface area contributed by atoms with Crippen LogP contribution >= 0.6 is 15.9 Å². The Morgan fingerprint density at radius 3 is 2.39 bits per heavy atom. The Morgan fingerprint density at radius 1 is 0.902 bits per heavy atom. The molecule has 0 saturated heterocycles. The van der Waals surface area contributed by atoms with Crippen LogP contribution in [0.3, 0.4) is 0 Å². The molecule has 0 aliphatic heterocycles. The number of fused-ring (bicyclic) bond motifs is 2. The molecule has 204 valence electrons. The molecule has 0 spiro atoms. The zero-order chi connectivity index (χ0) is 28.7. The van der Waals surface area contributed by atoms with Gasteiger partial charge >= 0.3 is 0 Å². The number of nitrogens with zero attached hydrogens (tertiary/aromatic N) is 4. The van der Waals surface area contributed by atoms with Gasteiger partial charge in [0.05, 0.1) is 17.1 Å². The van der Waals surface area contributed by atoms with Crippen molar-refractivity contribution in [2.75, 3.05) is 24.3 Å². The number of para-hydroxylation sites is 1. The normalized spacial score (nSPS) is 12.0. The van der Waals surface area contributed by atoms with Crippen molar-refractivity contribution in [3.05, 3.63) is 122 Å². The van der Waals surface area contributed by atoms with Crippen LogP contribution in [0.15, 0.2) is 105 Å². The van der Waals surface area contributed by atoms with Crippen LogP contribution in [0.25, 0.3) is 38.6 Å². The van der Waals surface area contributed by atoms with Crippen LogP contribution < -0.4 is 21.2 Å². The van der Waals surface area contributed by atoms with Gasteiger partial charge in [-0.25, -0.2) is 9.97 Å². The quantitative estimate of drug-likeness (QED) is 0.231. The van der Waals surface area contributed by atoms with Crippen molar-refractivity contribution in [3.63, 3.8) is 0 Å². The van der Waals surface area contributed by atoms with Crippen LogP contribution in [0, 0.1) is 0 Å². The summed E-state index contributed by atoms with van der Waals surface area (Å²) >= 11 is 3.87. The van der Waals surface area contributed by atoms with Gasteiger partial charge < -0.3 is 15.2 Å². The third kappa shape index (κ3) is 4.68. The lowest BCUT2D eigenvalue weighted by Crippen LogP contribution is -2.27. The Kier molecular flexibility index (Phi) is 6.88. The minimum atomic E-state index is -0.428. The van der Waals surface area contributed by atoms with Crippen molar-refractivity contribution in [1.82, 2.24) is 19.5 Å². The van der Waals surface area contributed by atoms with E-state index in [9.17, 15) is 9.59 Å². The number of hydrogen-bond donors (Lipinski definition) is 2. The van der Waals surface area contributed by atoms with Gasteiger partial charge in [-0.2, -0.15) is 0 Å². The second-order valence-electron chi connectivity index (χ2n) is 10.00. The summed E-state index contributed by atoms with van der Waals surface area (Å²) < 4.78 is 2.50. The summed E-state index contributed by atoms with van der Waals surface area (Å²) in [6.07, 6.45) is 2.96. The number of aromatic nitrogens is 4. The highest BCUT2D eigenvalue weighted by molar-refractivity contribution is 9.10. The maximum Gasteiger partial charge on any atom is 0.263 e. The summed E-state index contributed by atoms with van der Waals surface area (Å²) in [7, 11) is 4.00. The fourth-order valence-electron chi connectivity index (χ4n) is 5.21. The monoisotopic (exact) mass is 606 g/mol. The van der Waals surface area contributed by atoms with Crippen LogP contribution in [-0.4, -0.2) is 33.6 Å². The molecule has 0 saturated carbocycles. The van der Waals surface area contributed by atoms with E-state index in [1.165, 1.54) is 12.4 Å². The highest BCUT2D eigenvalue weighted by Crippen LogP contribution is 2.37. The van der Waals surface area contributed by atoms with Crippen LogP contribution in [0.2, 0.25) is 0 Å². The topological polar surface area (TPSA) is 95.9 Å². The molecular weight excluding hydrogens is 580 g/mol. The second kappa shape index (κ2) is 10.7. The first kappa shape index (κ1) is 26.5. The second-order valence-corrected chi connectivity index (χ2v) is 10.8. The number of benzene rings is 3. The summed E-state index contributed by atoms with van der Waals surface area (Å²) in [5.74, 6) is 0.387. The Balaban J connectivity index is 1.59. The standard InChI is InChI=1S/C32H27BrN6O2/c1-19(37-31-27-25(40)16-17-34-30(27)35-18-36-31)29-28(33)24-11-7-10-23(20-12-14-21(15-13-20)38(2)3)26(24)32(41)39(29)22-8-5-4-6-9-22/h4-19H,1-3H3,(H2,34,35,36,37,40)/t19-/m0/s1. The van der Waals surface area contributed by atoms with Gasteiger partial charge in [0, 0.05) is 47.6 Å². The van der Waals surface area contributed by atoms with Crippen molar-refractivity contribution >= 4 is 49.2 Å². The van der Waals surface area contributed by atoms with Crippen molar-refractivity contribution in [1.29, 1.82) is 0 Å². The van der Waals surface area contributed by atoms with E-state index in [1.807, 2.05) is 98.7 Å². The molecule has 9 heteroatoms. The van der Waals surface area contributed by atoms with E-state index >= 15 is 0 Å². The van der Waals surface area contributed by atoms with Gasteiger partial charge in [0.25, 0.3) is 5.56 Å². The summed E-state index contributed by atoms with van der Waals surface area (Å²) in [6, 6.07) is 24.7. The van der Waals surface area contributed by atoms with Crippen LogP contribution in [0.5, 0.6) is 0 Å². The summed E-state index contributed by atoms with van der Waals surface area (Å²) in [6.45, 7) is 1.94. The molecule has 3 heterocycles. The van der Waals surface area contributed by atoms with Crippen molar-refractivity contribution < 1.29 is 0 Å². The lowest BCUT2D eigenvalue weighted by atomic mass is 9.97. The molecule has 6 rings (SSSR count). The van der Waals surface area contributed by atoms with E-state index in [1.54, 1.807) is 10.8 Å². The van der Waals surface area contributed by atoms with Crippen molar-refractivity contribution in [2.45, 2.75) is 13.0 Å². The van der Waals surface area contributed by atoms with Crippen LogP contribution in [0.4, 0.5) is 11.5 Å². The molecule has 0 bridgehead atoms. The highest BCUT2D eigenvalue weighted by atomic mass is 79.9. The van der Waals surface area contributed by atoms with Crippen LogP contribution in [0.1, 0.15) is 18.7 Å². The molecular formula is C32H27BrN6O2. The largest absolute Gasteiger partial charge is 0.378 e. The van der Waals surface area contributed by atoms with Gasteiger partial charge in [-0.15, -0.1) is 0 Å². The van der Waals surface area contributed by atoms with E-state index in [0.29, 0.717) is 27.9 Å². The number of halogens is 1. The third-order valence-corrected chi connectivity index (χ3v) is 8.04. The average Bonchev–Trinajstić information content (AvgIpc) is 2.99. The Labute approximate surface area is 244 Å². The summed E-state index contributed by atoms with van der Waals surface area (Å²) in [4.78, 5) is 40.9. The van der Waals surface area contributed by atoms with Crippen molar-refractivity contribution in [2.24, 2.45) is 0 Å². The molecule has 0 aliphatic rings. The van der Waals surface area contributed by atoms with E-state index in [4.69, 9.17) is 0 Å². The number of rotatable bonds is 6. The maximum atomic E-state index is 14.5. The van der Waals surface area contributed by atoms with Gasteiger partial charge in [-0.1, -0.05) is 48.5 Å². The smallest absolute Gasteiger partial charge is 0.263 e. The lowest BCUT2D eigenvalue weighted by molar-refractivity contribution is 0.768. The van der Waals surface area contributed by atoms with E-state index in [2.05, 4.69) is 36.2 Å². The molecule has 0 radical (unpaired) electrons. The van der Waals surface area contributed by atoms with Crippen LogP contribution in [-0.2, 0) is 0 Å². The van der Waals surface area contributed by atoms with E-state index in [0.717, 1.165) is 32.4 Å². The van der Waals surface area contributed by atoms with Crippen molar-refractivity contribution in [3.8, 4) is 16.8 Å². The molecule has 6 aromatic rings. The highest BCUT2D eigenvalue weighted by Gasteiger charge is 2.24. The molecule has 41 heavy (non-hydrogen) atoms. The molecule has 2 N–H and O–H groups in total. The number of nitrogens with one attached hydrogen (secondary N) is 2. The predicted molar refractivity (Wildman–Crippen MR) is 169 cm³/mol. The van der Waals surface area contributed by atoms with Gasteiger partial charge in [0.2, 0.25) is 0 Å². The maximum absolute atomic E-state index is 14.5. The van der Waals surface area contributed by atoms with Gasteiger partial charge in [0.15, 0.2) is 5.43 Å². The molecule has 3 aromatic carbocycles. The minimum absolute atomic E-state index is 0.143. The molecule has 0 fully saturated rings. The SMILES string of the molecule is C[C@H](Nc1ncnc2[nH]ccc(=O)c12)c1c(Br)c2cccc(-c3ccc(N(C)C)cc3)c2c(=O)n1-c1ccccc1. The fourth-order valence-corrected chi connectivity index (χ4v) is 6.06. The summed E-state index contributed by atoms with van der Waals surface area (Å²) in [5.41, 5.74) is 4.41. The van der Waals surface area contributed by atoms with E-state index < -0.39 is 6.04 Å². The van der Waals surface area contributed by atoms with Gasteiger partial charge in [-0.05, 0) is 58.2 Å². The Hall–Kier alpha value is -4.76. The Morgan fingerprint density at radius 2 is 1.66 bits per heavy atom. The summed E-state index contributed by atoms with van der Waals surface area (Å²) in [5, 5.41) is 5.15. The van der Waals surface area contributed by atoms with Gasteiger partial charge in [-0.3, -0.25) is 14.2 Å². The zero-order valence-electron chi connectivity index (χ0n) is 22.7. The number of hydrogen-bond acceptors (Lipinski definition) is 6. The average molecular weight is 608 g/mol. The predicted octanol–water partition coefficient (Wildman–Crippen LogP) is 6.29. The zero-order valence-corrected chi connectivity index (χ0v) is 24.3. The fraction of sp³-hybridized carbons (Fsp3) is 0.125.